The summed E-state index contributed by atoms with van der Waals surface area (Å²) in [4.78, 5) is 4.63. The van der Waals surface area contributed by atoms with Crippen LogP contribution in [0.2, 0.25) is 0 Å². The fourth-order valence-electron chi connectivity index (χ4n) is 2.78. The third-order valence-electron chi connectivity index (χ3n) is 4.07. The molecule has 19 heavy (non-hydrogen) atoms. The average Bonchev–Trinajstić information content (AvgIpc) is 2.96. The second-order valence-corrected chi connectivity index (χ2v) is 6.50. The van der Waals surface area contributed by atoms with E-state index in [-0.39, 0.29) is 16.9 Å². The SMILES string of the molecule is CCC1(c2nc(C(OC)C(C)(C)C)no2)CCNC1. The van der Waals surface area contributed by atoms with Crippen LogP contribution < -0.4 is 5.32 Å². The van der Waals surface area contributed by atoms with Gasteiger partial charge in [0.2, 0.25) is 11.7 Å². The molecule has 2 unspecified atom stereocenters. The molecule has 2 atom stereocenters. The van der Waals surface area contributed by atoms with Crippen molar-refractivity contribution in [3.8, 4) is 0 Å². The van der Waals surface area contributed by atoms with E-state index >= 15 is 0 Å². The van der Waals surface area contributed by atoms with Crippen LogP contribution in [-0.4, -0.2) is 30.3 Å². The van der Waals surface area contributed by atoms with Gasteiger partial charge in [0.25, 0.3) is 0 Å². The molecule has 1 aliphatic rings. The summed E-state index contributed by atoms with van der Waals surface area (Å²) in [5.74, 6) is 1.41. The van der Waals surface area contributed by atoms with Crippen LogP contribution in [0.1, 0.15) is 58.4 Å². The van der Waals surface area contributed by atoms with E-state index in [4.69, 9.17) is 9.26 Å². The van der Waals surface area contributed by atoms with Gasteiger partial charge in [-0.2, -0.15) is 4.98 Å². The van der Waals surface area contributed by atoms with E-state index in [0.29, 0.717) is 5.82 Å². The van der Waals surface area contributed by atoms with E-state index in [0.717, 1.165) is 31.8 Å². The summed E-state index contributed by atoms with van der Waals surface area (Å²) in [7, 11) is 1.69. The zero-order valence-electron chi connectivity index (χ0n) is 12.6. The molecule has 1 fully saturated rings. The summed E-state index contributed by atoms with van der Waals surface area (Å²) in [6.45, 7) is 10.4. The predicted octanol–water partition coefficient (Wildman–Crippen LogP) is 2.44. The van der Waals surface area contributed by atoms with Gasteiger partial charge in [-0.25, -0.2) is 0 Å². The molecule has 0 amide bonds. The van der Waals surface area contributed by atoms with Gasteiger partial charge in [-0.05, 0) is 24.8 Å². The van der Waals surface area contributed by atoms with Gasteiger partial charge in [0.15, 0.2) is 0 Å². The molecule has 1 aromatic rings. The highest BCUT2D eigenvalue weighted by Crippen LogP contribution is 2.37. The fraction of sp³-hybridized carbons (Fsp3) is 0.857. The van der Waals surface area contributed by atoms with E-state index in [2.05, 4.69) is 43.2 Å². The van der Waals surface area contributed by atoms with Crippen molar-refractivity contribution in [2.24, 2.45) is 5.41 Å². The molecule has 1 aromatic heterocycles. The average molecular weight is 267 g/mol. The van der Waals surface area contributed by atoms with Crippen molar-refractivity contribution >= 4 is 0 Å². The molecular formula is C14H25N3O2. The second-order valence-electron chi connectivity index (χ2n) is 6.50. The Morgan fingerprint density at radius 1 is 1.47 bits per heavy atom. The van der Waals surface area contributed by atoms with E-state index in [1.807, 2.05) is 0 Å². The summed E-state index contributed by atoms with van der Waals surface area (Å²) in [6, 6.07) is 0. The highest BCUT2D eigenvalue weighted by atomic mass is 16.5. The molecule has 2 heterocycles. The Morgan fingerprint density at radius 2 is 2.21 bits per heavy atom. The van der Waals surface area contributed by atoms with Gasteiger partial charge in [-0.1, -0.05) is 32.9 Å². The molecule has 1 aliphatic heterocycles. The monoisotopic (exact) mass is 267 g/mol. The van der Waals surface area contributed by atoms with E-state index < -0.39 is 0 Å². The molecule has 2 rings (SSSR count). The normalized spacial score (nSPS) is 25.7. The van der Waals surface area contributed by atoms with E-state index in [1.54, 1.807) is 7.11 Å². The minimum atomic E-state index is -0.145. The molecule has 1 saturated heterocycles. The maximum absolute atomic E-state index is 5.54. The van der Waals surface area contributed by atoms with Crippen molar-refractivity contribution in [1.82, 2.24) is 15.5 Å². The Hall–Kier alpha value is -0.940. The standard InChI is InChI=1S/C14H25N3O2/c1-6-14(7-8-15-9-14)12-16-11(17-19-12)10(18-5)13(2,3)4/h10,15H,6-9H2,1-5H3. The van der Waals surface area contributed by atoms with Crippen molar-refractivity contribution in [2.45, 2.75) is 52.1 Å². The lowest BCUT2D eigenvalue weighted by Crippen LogP contribution is -2.29. The second kappa shape index (κ2) is 5.21. The first-order valence-electron chi connectivity index (χ1n) is 7.00. The molecule has 0 radical (unpaired) electrons. The topological polar surface area (TPSA) is 60.2 Å². The molecule has 0 aromatic carbocycles. The first-order chi connectivity index (χ1) is 8.93. The first-order valence-corrected chi connectivity index (χ1v) is 7.00. The van der Waals surface area contributed by atoms with Gasteiger partial charge in [0.1, 0.15) is 6.10 Å². The third-order valence-corrected chi connectivity index (χ3v) is 4.07. The molecule has 5 heteroatoms. The van der Waals surface area contributed by atoms with Gasteiger partial charge in [-0.3, -0.25) is 0 Å². The fourth-order valence-corrected chi connectivity index (χ4v) is 2.78. The van der Waals surface area contributed by atoms with Gasteiger partial charge < -0.3 is 14.6 Å². The Balaban J connectivity index is 2.28. The quantitative estimate of drug-likeness (QED) is 0.908. The summed E-state index contributed by atoms with van der Waals surface area (Å²) in [5, 5.41) is 7.54. The predicted molar refractivity (Wildman–Crippen MR) is 73.0 cm³/mol. The van der Waals surface area contributed by atoms with Crippen LogP contribution >= 0.6 is 0 Å². The number of hydrogen-bond donors (Lipinski definition) is 1. The van der Waals surface area contributed by atoms with E-state index in [1.165, 1.54) is 0 Å². The number of aromatic nitrogens is 2. The van der Waals surface area contributed by atoms with Crippen LogP contribution in [0.15, 0.2) is 4.52 Å². The van der Waals surface area contributed by atoms with Crippen LogP contribution in [0.4, 0.5) is 0 Å². The van der Waals surface area contributed by atoms with Gasteiger partial charge in [0, 0.05) is 13.7 Å². The van der Waals surface area contributed by atoms with Crippen molar-refractivity contribution in [2.75, 3.05) is 20.2 Å². The van der Waals surface area contributed by atoms with Crippen molar-refractivity contribution in [1.29, 1.82) is 0 Å². The summed E-state index contributed by atoms with van der Waals surface area (Å²) in [6.07, 6.45) is 1.92. The molecule has 1 N–H and O–H groups in total. The Bertz CT molecular complexity index is 417. The number of nitrogens with zero attached hydrogens (tertiary/aromatic N) is 2. The molecule has 0 bridgehead atoms. The minimum Gasteiger partial charge on any atom is -0.373 e. The maximum Gasteiger partial charge on any atom is 0.234 e. The van der Waals surface area contributed by atoms with Gasteiger partial charge >= 0.3 is 0 Å². The minimum absolute atomic E-state index is 0.00141. The van der Waals surface area contributed by atoms with Crippen LogP contribution in [0.5, 0.6) is 0 Å². The number of ether oxygens (including phenoxy) is 1. The number of hydrogen-bond acceptors (Lipinski definition) is 5. The first kappa shape index (κ1) is 14.5. The van der Waals surface area contributed by atoms with Crippen LogP contribution in [0.25, 0.3) is 0 Å². The lowest BCUT2D eigenvalue weighted by atomic mass is 9.84. The lowest BCUT2D eigenvalue weighted by Gasteiger charge is -2.26. The third kappa shape index (κ3) is 2.67. The Kier molecular flexibility index (Phi) is 3.97. The Morgan fingerprint density at radius 3 is 2.68 bits per heavy atom. The lowest BCUT2D eigenvalue weighted by molar-refractivity contribution is 0.00718. The molecule has 0 saturated carbocycles. The van der Waals surface area contributed by atoms with Crippen LogP contribution in [-0.2, 0) is 10.2 Å². The van der Waals surface area contributed by atoms with Crippen LogP contribution in [0.3, 0.4) is 0 Å². The zero-order chi connectivity index (χ0) is 14.1. The maximum atomic E-state index is 5.54. The molecular weight excluding hydrogens is 242 g/mol. The van der Waals surface area contributed by atoms with Crippen LogP contribution in [0, 0.1) is 5.41 Å². The molecule has 108 valence electrons. The Labute approximate surface area is 115 Å². The number of nitrogens with one attached hydrogen (secondary N) is 1. The highest BCUT2D eigenvalue weighted by Gasteiger charge is 2.40. The van der Waals surface area contributed by atoms with Crippen molar-refractivity contribution in [3.05, 3.63) is 11.7 Å². The smallest absolute Gasteiger partial charge is 0.234 e. The highest BCUT2D eigenvalue weighted by molar-refractivity contribution is 5.11. The zero-order valence-corrected chi connectivity index (χ0v) is 12.6. The largest absolute Gasteiger partial charge is 0.373 e. The summed E-state index contributed by atoms with van der Waals surface area (Å²) in [5.41, 5.74) is -0.0510. The summed E-state index contributed by atoms with van der Waals surface area (Å²) < 4.78 is 11.1. The number of rotatable bonds is 4. The summed E-state index contributed by atoms with van der Waals surface area (Å²) >= 11 is 0. The van der Waals surface area contributed by atoms with E-state index in [9.17, 15) is 0 Å². The van der Waals surface area contributed by atoms with Crippen molar-refractivity contribution in [3.63, 3.8) is 0 Å². The molecule has 0 spiro atoms. The van der Waals surface area contributed by atoms with Gasteiger partial charge in [0.05, 0.1) is 5.41 Å². The molecule has 5 nitrogen and oxygen atoms in total. The van der Waals surface area contributed by atoms with Gasteiger partial charge in [-0.15, -0.1) is 0 Å². The number of methoxy groups -OCH3 is 1. The molecule has 0 aliphatic carbocycles. The van der Waals surface area contributed by atoms with Crippen molar-refractivity contribution < 1.29 is 9.26 Å².